The van der Waals surface area contributed by atoms with E-state index >= 15 is 0 Å². The molecule has 2 heteroatoms. The Kier molecular flexibility index (Phi) is 4.80. The maximum absolute atomic E-state index is 5.44. The summed E-state index contributed by atoms with van der Waals surface area (Å²) >= 11 is 0. The minimum Gasteiger partial charge on any atom is -0.296 e. The third-order valence-corrected chi connectivity index (χ3v) is 1.39. The first kappa shape index (κ1) is 11.9. The van der Waals surface area contributed by atoms with E-state index in [4.69, 9.17) is 4.84 Å². The molecule has 0 rings (SSSR count). The molecule has 1 N–H and O–H groups in total. The van der Waals surface area contributed by atoms with Crippen LogP contribution >= 0.6 is 0 Å². The fraction of sp³-hybridized carbons (Fsp3) is 1.00. The number of nitrogens with one attached hydrogen (secondary N) is 1. The summed E-state index contributed by atoms with van der Waals surface area (Å²) in [6, 6.07) is 0.434. The molecule has 74 valence electrons. The van der Waals surface area contributed by atoms with Gasteiger partial charge in [-0.2, -0.15) is 5.48 Å². The first-order valence-corrected chi connectivity index (χ1v) is 4.75. The van der Waals surface area contributed by atoms with E-state index in [0.29, 0.717) is 6.04 Å². The lowest BCUT2D eigenvalue weighted by atomic mass is 10.1. The molecule has 12 heavy (non-hydrogen) atoms. The van der Waals surface area contributed by atoms with Crippen LogP contribution in [0.4, 0.5) is 0 Å². The smallest absolute Gasteiger partial charge is 0.0813 e. The fourth-order valence-corrected chi connectivity index (χ4v) is 1.03. The van der Waals surface area contributed by atoms with Gasteiger partial charge in [-0.25, -0.2) is 0 Å². The highest BCUT2D eigenvalue weighted by atomic mass is 16.7. The molecule has 1 atom stereocenters. The minimum absolute atomic E-state index is 0.0920. The number of hydrogen-bond acceptors (Lipinski definition) is 2. The lowest BCUT2D eigenvalue weighted by Crippen LogP contribution is -2.35. The predicted molar refractivity (Wildman–Crippen MR) is 52.9 cm³/mol. The van der Waals surface area contributed by atoms with E-state index in [1.54, 1.807) is 0 Å². The van der Waals surface area contributed by atoms with Gasteiger partial charge in [0.1, 0.15) is 0 Å². The average molecular weight is 173 g/mol. The molecular weight excluding hydrogens is 150 g/mol. The van der Waals surface area contributed by atoms with E-state index in [9.17, 15) is 0 Å². The lowest BCUT2D eigenvalue weighted by Gasteiger charge is -2.23. The molecule has 0 bridgehead atoms. The fourth-order valence-electron chi connectivity index (χ4n) is 1.03. The molecule has 0 aromatic carbocycles. The topological polar surface area (TPSA) is 21.3 Å². The molecule has 0 aromatic rings. The van der Waals surface area contributed by atoms with Gasteiger partial charge in [0, 0.05) is 6.04 Å². The summed E-state index contributed by atoms with van der Waals surface area (Å²) in [5, 5.41) is 0. The molecule has 0 aromatic heterocycles. The van der Waals surface area contributed by atoms with Gasteiger partial charge in [0.25, 0.3) is 0 Å². The lowest BCUT2D eigenvalue weighted by molar-refractivity contribution is -0.0880. The van der Waals surface area contributed by atoms with Crippen LogP contribution in [0.15, 0.2) is 0 Å². The Morgan fingerprint density at radius 2 is 1.67 bits per heavy atom. The van der Waals surface area contributed by atoms with Crippen molar-refractivity contribution in [1.82, 2.24) is 5.48 Å². The minimum atomic E-state index is -0.0920. The summed E-state index contributed by atoms with van der Waals surface area (Å²) < 4.78 is 0. The van der Waals surface area contributed by atoms with E-state index in [1.165, 1.54) is 0 Å². The van der Waals surface area contributed by atoms with Crippen molar-refractivity contribution >= 4 is 0 Å². The molecule has 1 unspecified atom stereocenters. The van der Waals surface area contributed by atoms with Gasteiger partial charge < -0.3 is 0 Å². The van der Waals surface area contributed by atoms with Crippen LogP contribution in [0.2, 0.25) is 0 Å². The van der Waals surface area contributed by atoms with Crippen molar-refractivity contribution in [3.63, 3.8) is 0 Å². The number of hydrogen-bond donors (Lipinski definition) is 1. The van der Waals surface area contributed by atoms with Gasteiger partial charge in [-0.3, -0.25) is 4.84 Å². The first-order chi connectivity index (χ1) is 5.31. The molecule has 0 radical (unpaired) electrons. The Hall–Kier alpha value is -0.0800. The molecule has 0 aliphatic heterocycles. The van der Waals surface area contributed by atoms with E-state index in [-0.39, 0.29) is 5.60 Å². The van der Waals surface area contributed by atoms with Gasteiger partial charge in [0.2, 0.25) is 0 Å². The van der Waals surface area contributed by atoms with Crippen molar-refractivity contribution in [2.45, 2.75) is 59.6 Å². The molecule has 0 saturated heterocycles. The van der Waals surface area contributed by atoms with Crippen LogP contribution in [0.25, 0.3) is 0 Å². The highest BCUT2D eigenvalue weighted by molar-refractivity contribution is 4.61. The largest absolute Gasteiger partial charge is 0.296 e. The van der Waals surface area contributed by atoms with Gasteiger partial charge in [-0.05, 0) is 40.0 Å². The Morgan fingerprint density at radius 3 is 2.00 bits per heavy atom. The van der Waals surface area contributed by atoms with Crippen LogP contribution in [0.3, 0.4) is 0 Å². The zero-order chi connectivity index (χ0) is 9.78. The SMILES string of the molecule is CC(C)CC(C)NOC(C)(C)C. The third-order valence-electron chi connectivity index (χ3n) is 1.39. The van der Waals surface area contributed by atoms with E-state index in [1.807, 2.05) is 20.8 Å². The summed E-state index contributed by atoms with van der Waals surface area (Å²) in [5.74, 6) is 0.719. The molecule has 0 heterocycles. The highest BCUT2D eigenvalue weighted by Crippen LogP contribution is 2.08. The summed E-state index contributed by atoms with van der Waals surface area (Å²) in [6.07, 6.45) is 1.15. The maximum atomic E-state index is 5.44. The second-order valence-electron chi connectivity index (χ2n) is 4.86. The average Bonchev–Trinajstić information content (AvgIpc) is 1.80. The van der Waals surface area contributed by atoms with Crippen molar-refractivity contribution in [1.29, 1.82) is 0 Å². The summed E-state index contributed by atoms with van der Waals surface area (Å²) in [6.45, 7) is 12.7. The van der Waals surface area contributed by atoms with Crippen molar-refractivity contribution in [3.8, 4) is 0 Å². The quantitative estimate of drug-likeness (QED) is 0.660. The van der Waals surface area contributed by atoms with Gasteiger partial charge in [-0.15, -0.1) is 0 Å². The molecule has 0 amide bonds. The van der Waals surface area contributed by atoms with Crippen LogP contribution < -0.4 is 5.48 Å². The van der Waals surface area contributed by atoms with Crippen molar-refractivity contribution < 1.29 is 4.84 Å². The van der Waals surface area contributed by atoms with Crippen LogP contribution in [0.5, 0.6) is 0 Å². The van der Waals surface area contributed by atoms with E-state index in [2.05, 4.69) is 26.3 Å². The second kappa shape index (κ2) is 4.83. The molecule has 0 saturated carbocycles. The van der Waals surface area contributed by atoms with Gasteiger partial charge in [0.05, 0.1) is 5.60 Å². The summed E-state index contributed by atoms with van der Waals surface area (Å²) in [5.41, 5.74) is 2.96. The summed E-state index contributed by atoms with van der Waals surface area (Å²) in [7, 11) is 0. The Labute approximate surface area is 76.6 Å². The second-order valence-corrected chi connectivity index (χ2v) is 4.86. The zero-order valence-electron chi connectivity index (χ0n) is 9.27. The molecular formula is C10H23NO. The predicted octanol–water partition coefficient (Wildman–Crippen LogP) is 2.74. The van der Waals surface area contributed by atoms with Crippen LogP contribution in [0, 0.1) is 5.92 Å². The van der Waals surface area contributed by atoms with Crippen molar-refractivity contribution in [2.24, 2.45) is 5.92 Å². The van der Waals surface area contributed by atoms with Crippen LogP contribution in [-0.4, -0.2) is 11.6 Å². The third kappa shape index (κ3) is 8.02. The highest BCUT2D eigenvalue weighted by Gasteiger charge is 2.12. The number of hydroxylamine groups is 1. The molecule has 0 aliphatic carbocycles. The van der Waals surface area contributed by atoms with Gasteiger partial charge in [0.15, 0.2) is 0 Å². The summed E-state index contributed by atoms with van der Waals surface area (Å²) in [4.78, 5) is 5.44. The molecule has 0 spiro atoms. The molecule has 0 aliphatic rings. The first-order valence-electron chi connectivity index (χ1n) is 4.75. The van der Waals surface area contributed by atoms with Crippen molar-refractivity contribution in [3.05, 3.63) is 0 Å². The Morgan fingerprint density at radius 1 is 1.17 bits per heavy atom. The molecule has 2 nitrogen and oxygen atoms in total. The monoisotopic (exact) mass is 173 g/mol. The van der Waals surface area contributed by atoms with E-state index in [0.717, 1.165) is 12.3 Å². The normalized spacial score (nSPS) is 15.2. The van der Waals surface area contributed by atoms with E-state index < -0.39 is 0 Å². The maximum Gasteiger partial charge on any atom is 0.0813 e. The Balaban J connectivity index is 3.51. The van der Waals surface area contributed by atoms with Crippen molar-refractivity contribution in [2.75, 3.05) is 0 Å². The zero-order valence-corrected chi connectivity index (χ0v) is 9.27. The Bertz CT molecular complexity index is 115. The van der Waals surface area contributed by atoms with Crippen LogP contribution in [0.1, 0.15) is 48.0 Å². The van der Waals surface area contributed by atoms with Gasteiger partial charge in [-0.1, -0.05) is 13.8 Å². The van der Waals surface area contributed by atoms with Gasteiger partial charge >= 0.3 is 0 Å². The standard InChI is InChI=1S/C10H23NO/c1-8(2)7-9(3)11-12-10(4,5)6/h8-9,11H,7H2,1-6H3. The molecule has 0 fully saturated rings. The van der Waals surface area contributed by atoms with Crippen LogP contribution in [-0.2, 0) is 4.84 Å². The number of rotatable bonds is 4.